The van der Waals surface area contributed by atoms with Crippen LogP contribution in [0.3, 0.4) is 0 Å². The Kier molecular flexibility index (Phi) is 3.31. The number of hydrogen-bond donors (Lipinski definition) is 0. The average molecular weight is 301 g/mol. The number of aromatic nitrogens is 2. The van der Waals surface area contributed by atoms with Gasteiger partial charge in [0.2, 0.25) is 0 Å². The lowest BCUT2D eigenvalue weighted by molar-refractivity contribution is 0.631. The third kappa shape index (κ3) is 2.23. The summed E-state index contributed by atoms with van der Waals surface area (Å²) in [7, 11) is 0. The molecule has 0 saturated heterocycles. The van der Waals surface area contributed by atoms with Gasteiger partial charge in [-0.15, -0.1) is 0 Å². The zero-order chi connectivity index (χ0) is 15.0. The van der Waals surface area contributed by atoms with E-state index in [-0.39, 0.29) is 11.3 Å². The van der Waals surface area contributed by atoms with Crippen molar-refractivity contribution in [2.45, 2.75) is 0 Å². The summed E-state index contributed by atoms with van der Waals surface area (Å²) < 4.78 is 15.3. The first-order chi connectivity index (χ1) is 10.1. The van der Waals surface area contributed by atoms with Crippen molar-refractivity contribution in [1.29, 1.82) is 0 Å². The Morgan fingerprint density at radius 1 is 1.24 bits per heavy atom. The summed E-state index contributed by atoms with van der Waals surface area (Å²) >= 11 is 6.02. The van der Waals surface area contributed by atoms with E-state index in [2.05, 4.69) is 11.6 Å². The van der Waals surface area contributed by atoms with Crippen LogP contribution in [0.1, 0.15) is 0 Å². The molecule has 2 aromatic carbocycles. The van der Waals surface area contributed by atoms with E-state index in [0.29, 0.717) is 15.9 Å². The summed E-state index contributed by atoms with van der Waals surface area (Å²) in [6.07, 6.45) is 1.37. The van der Waals surface area contributed by atoms with E-state index in [1.165, 1.54) is 16.8 Å². The third-order valence-electron chi connectivity index (χ3n) is 3.20. The van der Waals surface area contributed by atoms with E-state index in [9.17, 15) is 9.18 Å². The lowest BCUT2D eigenvalue weighted by Crippen LogP contribution is -2.20. The SMILES string of the molecule is C=Cn1c(=O)nc(-c2ccccc2F)c2cc(Cl)ccc21. The van der Waals surface area contributed by atoms with E-state index in [1.807, 2.05) is 0 Å². The van der Waals surface area contributed by atoms with Crippen molar-refractivity contribution >= 4 is 28.7 Å². The largest absolute Gasteiger partial charge is 0.352 e. The summed E-state index contributed by atoms with van der Waals surface area (Å²) in [4.78, 5) is 16.1. The number of rotatable bonds is 2. The smallest absolute Gasteiger partial charge is 0.268 e. The van der Waals surface area contributed by atoms with Crippen LogP contribution >= 0.6 is 11.6 Å². The first-order valence-corrected chi connectivity index (χ1v) is 6.59. The van der Waals surface area contributed by atoms with Crippen molar-refractivity contribution in [2.24, 2.45) is 0 Å². The number of hydrogen-bond acceptors (Lipinski definition) is 2. The quantitative estimate of drug-likeness (QED) is 0.718. The highest BCUT2D eigenvalue weighted by Gasteiger charge is 2.14. The van der Waals surface area contributed by atoms with E-state index in [0.717, 1.165) is 0 Å². The Bertz CT molecular complexity index is 918. The number of benzene rings is 2. The van der Waals surface area contributed by atoms with Crippen LogP contribution in [0.5, 0.6) is 0 Å². The predicted molar refractivity (Wildman–Crippen MR) is 82.8 cm³/mol. The van der Waals surface area contributed by atoms with Gasteiger partial charge in [-0.1, -0.05) is 30.3 Å². The van der Waals surface area contributed by atoms with E-state index >= 15 is 0 Å². The average Bonchev–Trinajstić information content (AvgIpc) is 2.47. The second-order valence-corrected chi connectivity index (χ2v) is 4.87. The van der Waals surface area contributed by atoms with Gasteiger partial charge in [0.25, 0.3) is 0 Å². The van der Waals surface area contributed by atoms with Gasteiger partial charge in [-0.05, 0) is 30.3 Å². The molecule has 3 aromatic rings. The molecule has 1 aromatic heterocycles. The molecular formula is C16H10ClFN2O. The maximum absolute atomic E-state index is 14.0. The highest BCUT2D eigenvalue weighted by Crippen LogP contribution is 2.29. The van der Waals surface area contributed by atoms with E-state index in [4.69, 9.17) is 11.6 Å². The Balaban J connectivity index is 2.49. The van der Waals surface area contributed by atoms with E-state index in [1.54, 1.807) is 36.4 Å². The Morgan fingerprint density at radius 2 is 2.00 bits per heavy atom. The maximum Gasteiger partial charge on any atom is 0.352 e. The lowest BCUT2D eigenvalue weighted by Gasteiger charge is -2.10. The highest BCUT2D eigenvalue weighted by atomic mass is 35.5. The minimum absolute atomic E-state index is 0.262. The van der Waals surface area contributed by atoms with Gasteiger partial charge >= 0.3 is 5.69 Å². The molecule has 0 aliphatic heterocycles. The molecule has 3 nitrogen and oxygen atoms in total. The van der Waals surface area contributed by atoms with Crippen LogP contribution in [0.2, 0.25) is 5.02 Å². The van der Waals surface area contributed by atoms with Crippen LogP contribution in [0.25, 0.3) is 28.4 Å². The Morgan fingerprint density at radius 3 is 2.71 bits per heavy atom. The molecule has 0 fully saturated rings. The van der Waals surface area contributed by atoms with Gasteiger partial charge in [-0.2, -0.15) is 4.98 Å². The monoisotopic (exact) mass is 300 g/mol. The van der Waals surface area contributed by atoms with Crippen LogP contribution in [0, 0.1) is 5.82 Å². The minimum atomic E-state index is -0.516. The van der Waals surface area contributed by atoms with Crippen LogP contribution in [-0.2, 0) is 0 Å². The van der Waals surface area contributed by atoms with Crippen molar-refractivity contribution < 1.29 is 4.39 Å². The number of fused-ring (bicyclic) bond motifs is 1. The summed E-state index contributed by atoms with van der Waals surface area (Å²) in [5, 5.41) is 1.07. The first kappa shape index (κ1) is 13.5. The molecule has 0 spiro atoms. The zero-order valence-electron chi connectivity index (χ0n) is 10.9. The van der Waals surface area contributed by atoms with Crippen LogP contribution < -0.4 is 5.69 Å². The topological polar surface area (TPSA) is 34.9 Å². The van der Waals surface area contributed by atoms with Crippen LogP contribution in [0.4, 0.5) is 4.39 Å². The Labute approximate surface area is 124 Å². The maximum atomic E-state index is 14.0. The molecule has 3 rings (SSSR count). The van der Waals surface area contributed by atoms with Gasteiger partial charge in [-0.25, -0.2) is 9.18 Å². The van der Waals surface area contributed by atoms with Gasteiger partial charge in [0, 0.05) is 22.2 Å². The summed E-state index contributed by atoms with van der Waals surface area (Å²) in [6, 6.07) is 11.2. The number of halogens is 2. The molecule has 0 aliphatic rings. The molecule has 5 heteroatoms. The molecule has 0 aliphatic carbocycles. The second kappa shape index (κ2) is 5.14. The van der Waals surface area contributed by atoms with Crippen molar-refractivity contribution in [3.63, 3.8) is 0 Å². The third-order valence-corrected chi connectivity index (χ3v) is 3.43. The van der Waals surface area contributed by atoms with Gasteiger partial charge in [0.15, 0.2) is 0 Å². The molecule has 0 radical (unpaired) electrons. The van der Waals surface area contributed by atoms with E-state index < -0.39 is 11.5 Å². The lowest BCUT2D eigenvalue weighted by atomic mass is 10.1. The fourth-order valence-electron chi connectivity index (χ4n) is 2.26. The van der Waals surface area contributed by atoms with Gasteiger partial charge < -0.3 is 0 Å². The zero-order valence-corrected chi connectivity index (χ0v) is 11.6. The molecule has 0 saturated carbocycles. The molecule has 0 amide bonds. The standard InChI is InChI=1S/C16H10ClFN2O/c1-2-20-14-8-7-10(17)9-12(14)15(19-16(20)21)11-5-3-4-6-13(11)18/h2-9H,1H2. The normalized spacial score (nSPS) is 10.8. The van der Waals surface area contributed by atoms with Crippen LogP contribution in [0.15, 0.2) is 53.8 Å². The molecule has 0 N–H and O–H groups in total. The molecular weight excluding hydrogens is 291 g/mol. The van der Waals surface area contributed by atoms with Crippen molar-refractivity contribution in [1.82, 2.24) is 9.55 Å². The fraction of sp³-hybridized carbons (Fsp3) is 0. The molecule has 21 heavy (non-hydrogen) atoms. The molecule has 1 heterocycles. The van der Waals surface area contributed by atoms with Gasteiger partial charge in [-0.3, -0.25) is 4.57 Å². The van der Waals surface area contributed by atoms with Crippen molar-refractivity contribution in [3.8, 4) is 11.3 Å². The highest BCUT2D eigenvalue weighted by molar-refractivity contribution is 6.31. The van der Waals surface area contributed by atoms with Gasteiger partial charge in [0.05, 0.1) is 11.2 Å². The molecule has 104 valence electrons. The Hall–Kier alpha value is -2.46. The summed E-state index contributed by atoms with van der Waals surface area (Å²) in [5.74, 6) is -0.443. The van der Waals surface area contributed by atoms with Gasteiger partial charge in [0.1, 0.15) is 5.82 Å². The first-order valence-electron chi connectivity index (χ1n) is 6.21. The molecule has 0 atom stereocenters. The fourth-order valence-corrected chi connectivity index (χ4v) is 2.43. The molecule has 0 bridgehead atoms. The number of nitrogens with zero attached hydrogens (tertiary/aromatic N) is 2. The second-order valence-electron chi connectivity index (χ2n) is 4.44. The minimum Gasteiger partial charge on any atom is -0.268 e. The van der Waals surface area contributed by atoms with Crippen LogP contribution in [-0.4, -0.2) is 9.55 Å². The predicted octanol–water partition coefficient (Wildman–Crippen LogP) is 3.96. The van der Waals surface area contributed by atoms with Crippen molar-refractivity contribution in [3.05, 3.63) is 70.4 Å². The van der Waals surface area contributed by atoms with Crippen molar-refractivity contribution in [2.75, 3.05) is 0 Å². The summed E-state index contributed by atoms with van der Waals surface area (Å²) in [6.45, 7) is 3.60. The summed E-state index contributed by atoms with van der Waals surface area (Å²) in [5.41, 5.74) is 0.595. The molecule has 0 unspecified atom stereocenters.